The van der Waals surface area contributed by atoms with Crippen LogP contribution in [-0.4, -0.2) is 24.9 Å². The third kappa shape index (κ3) is 10.5. The molecule has 0 fully saturated rings. The maximum atomic E-state index is 4.77. The maximum absolute atomic E-state index is 4.77. The number of aromatic nitrogens is 5. The van der Waals surface area contributed by atoms with Crippen LogP contribution in [0, 0.1) is 138 Å². The molecule has 0 atom stereocenters. The second kappa shape index (κ2) is 22.7. The van der Waals surface area contributed by atoms with Crippen molar-refractivity contribution in [2.75, 3.05) is 0 Å². The molecule has 10 aromatic rings. The van der Waals surface area contributed by atoms with Gasteiger partial charge in [0.05, 0.1) is 28.5 Å². The summed E-state index contributed by atoms with van der Waals surface area (Å²) in [5.74, 6) is 0. The largest absolute Gasteiger partial charge is 0.257 e. The highest BCUT2D eigenvalue weighted by Crippen LogP contribution is 2.45. The highest BCUT2D eigenvalue weighted by molar-refractivity contribution is 5.84. The first-order valence-corrected chi connectivity index (χ1v) is 30.7. The summed E-state index contributed by atoms with van der Waals surface area (Å²) >= 11 is 0. The molecule has 0 N–H and O–H groups in total. The predicted molar refractivity (Wildman–Crippen MR) is 357 cm³/mol. The van der Waals surface area contributed by atoms with E-state index < -0.39 is 0 Å². The second-order valence-electron chi connectivity index (χ2n) is 25.4. The number of aryl methyl sites for hydroxylation is 11. The van der Waals surface area contributed by atoms with Crippen LogP contribution >= 0.6 is 0 Å². The van der Waals surface area contributed by atoms with Crippen LogP contribution in [0.3, 0.4) is 0 Å². The van der Waals surface area contributed by atoms with Crippen molar-refractivity contribution in [2.45, 2.75) is 171 Å². The molecule has 15 rings (SSSR count). The van der Waals surface area contributed by atoms with Crippen molar-refractivity contribution in [1.29, 1.82) is 0 Å². The number of hydrogen-bond acceptors (Lipinski definition) is 5. The van der Waals surface area contributed by atoms with Crippen LogP contribution in [0.15, 0.2) is 91.0 Å². The predicted octanol–water partition coefficient (Wildman–Crippen LogP) is 19.4. The van der Waals surface area contributed by atoms with Crippen molar-refractivity contribution in [2.24, 2.45) is 0 Å². The van der Waals surface area contributed by atoms with Gasteiger partial charge in [-0.2, -0.15) is 0 Å². The fraction of sp³-hybridized carbons (Fsp3) is 0.312. The molecule has 85 heavy (non-hydrogen) atoms. The lowest BCUT2D eigenvalue weighted by Gasteiger charge is -2.12. The smallest absolute Gasteiger partial charge is 0.0532 e. The average Bonchev–Trinajstić information content (AvgIpc) is 2.64. The zero-order chi connectivity index (χ0) is 60.8. The molecule has 5 nitrogen and oxygen atoms in total. The summed E-state index contributed by atoms with van der Waals surface area (Å²) in [5, 5.41) is 0. The van der Waals surface area contributed by atoms with Gasteiger partial charge in [0.2, 0.25) is 0 Å². The number of pyridine rings is 5. The lowest BCUT2D eigenvalue weighted by molar-refractivity contribution is 1.03. The van der Waals surface area contributed by atoms with Crippen LogP contribution in [0.4, 0.5) is 0 Å². The molecule has 0 bridgehead atoms. The van der Waals surface area contributed by atoms with Gasteiger partial charge in [-0.15, -0.1) is 0 Å². The molecule has 0 aliphatic heterocycles. The number of fused-ring (bicyclic) bond motifs is 15. The van der Waals surface area contributed by atoms with E-state index in [1.807, 2.05) is 0 Å². The van der Waals surface area contributed by atoms with Crippen LogP contribution in [0.25, 0.3) is 55.6 Å². The average molecular weight is 1120 g/mol. The molecule has 430 valence electrons. The summed E-state index contributed by atoms with van der Waals surface area (Å²) in [6.07, 6.45) is 4.97. The van der Waals surface area contributed by atoms with E-state index in [-0.39, 0.29) is 0 Å². The minimum atomic E-state index is 0.993. The second-order valence-corrected chi connectivity index (χ2v) is 25.4. The van der Waals surface area contributed by atoms with Crippen LogP contribution in [-0.2, 0) is 32.1 Å². The van der Waals surface area contributed by atoms with E-state index in [0.717, 1.165) is 37.8 Å². The van der Waals surface area contributed by atoms with Crippen molar-refractivity contribution in [3.8, 4) is 55.6 Å². The van der Waals surface area contributed by atoms with Crippen LogP contribution in [0.5, 0.6) is 0 Å². The number of rotatable bonds is 0. The van der Waals surface area contributed by atoms with Crippen molar-refractivity contribution < 1.29 is 0 Å². The lowest BCUT2D eigenvalue weighted by Crippen LogP contribution is -1.98. The van der Waals surface area contributed by atoms with Crippen molar-refractivity contribution in [1.82, 2.24) is 24.9 Å². The monoisotopic (exact) mass is 1120 g/mol. The molecule has 0 radical (unpaired) electrons. The van der Waals surface area contributed by atoms with Gasteiger partial charge in [0.1, 0.15) is 0 Å². The third-order valence-electron chi connectivity index (χ3n) is 20.1. The van der Waals surface area contributed by atoms with Gasteiger partial charge in [-0.25, -0.2) is 0 Å². The quantitative estimate of drug-likeness (QED) is 0.151. The van der Waals surface area contributed by atoms with E-state index in [2.05, 4.69) is 229 Å². The zero-order valence-corrected chi connectivity index (χ0v) is 54.4. The first-order chi connectivity index (χ1) is 40.4. The lowest BCUT2D eigenvalue weighted by atomic mass is 9.95. The Balaban J connectivity index is 0.000000111. The molecule has 5 aromatic carbocycles. The zero-order valence-electron chi connectivity index (χ0n) is 54.4. The van der Waals surface area contributed by atoms with Gasteiger partial charge in [0.15, 0.2) is 0 Å². The summed E-state index contributed by atoms with van der Waals surface area (Å²) in [4.78, 5) is 23.8. The van der Waals surface area contributed by atoms with E-state index in [9.17, 15) is 0 Å². The normalized spacial score (nSPS) is 12.5. The Morgan fingerprint density at radius 3 is 1.31 bits per heavy atom. The molecule has 5 heterocycles. The summed E-state index contributed by atoms with van der Waals surface area (Å²) in [6, 6.07) is 33.4. The van der Waals surface area contributed by atoms with Gasteiger partial charge in [-0.05, 0) is 273 Å². The number of hydrogen-bond donors (Lipinski definition) is 0. The van der Waals surface area contributed by atoms with Gasteiger partial charge in [0, 0.05) is 88.4 Å². The van der Waals surface area contributed by atoms with E-state index >= 15 is 0 Å². The molecule has 5 heteroatoms. The third-order valence-corrected chi connectivity index (χ3v) is 20.1. The Bertz CT molecular complexity index is 4410. The summed E-state index contributed by atoms with van der Waals surface area (Å²) in [6.45, 7) is 43.4. The number of nitrogens with zero attached hydrogens (tertiary/aromatic N) is 5. The van der Waals surface area contributed by atoms with Crippen LogP contribution in [0.1, 0.15) is 168 Å². The molecule has 0 saturated heterocycles. The van der Waals surface area contributed by atoms with E-state index in [1.165, 1.54) is 218 Å². The topological polar surface area (TPSA) is 64.5 Å². The molecule has 0 saturated carbocycles. The van der Waals surface area contributed by atoms with E-state index in [1.54, 1.807) is 0 Å². The van der Waals surface area contributed by atoms with Gasteiger partial charge in [-0.3, -0.25) is 24.9 Å². The highest BCUT2D eigenvalue weighted by atomic mass is 14.8. The molecular formula is C80H85N5. The molecular weight excluding hydrogens is 1030 g/mol. The summed E-state index contributed by atoms with van der Waals surface area (Å²) in [7, 11) is 0. The van der Waals surface area contributed by atoms with Gasteiger partial charge >= 0.3 is 0 Å². The summed E-state index contributed by atoms with van der Waals surface area (Å²) in [5.41, 5.74) is 53.6. The van der Waals surface area contributed by atoms with Crippen molar-refractivity contribution in [3.63, 3.8) is 0 Å². The molecule has 0 unspecified atom stereocenters. The molecule has 0 spiro atoms. The van der Waals surface area contributed by atoms with E-state index in [0.29, 0.717) is 0 Å². The Morgan fingerprint density at radius 2 is 0.682 bits per heavy atom. The minimum absolute atomic E-state index is 0.993. The Kier molecular flexibility index (Phi) is 15.6. The first-order valence-electron chi connectivity index (χ1n) is 30.7. The van der Waals surface area contributed by atoms with E-state index in [4.69, 9.17) is 24.9 Å². The van der Waals surface area contributed by atoms with Gasteiger partial charge < -0.3 is 0 Å². The first kappa shape index (κ1) is 58.6. The van der Waals surface area contributed by atoms with Gasteiger partial charge in [0.25, 0.3) is 0 Å². The fourth-order valence-electron chi connectivity index (χ4n) is 14.0. The van der Waals surface area contributed by atoms with Gasteiger partial charge in [-0.1, -0.05) is 96.1 Å². The highest BCUT2D eigenvalue weighted by Gasteiger charge is 2.29. The maximum Gasteiger partial charge on any atom is 0.0532 e. The fourth-order valence-corrected chi connectivity index (χ4v) is 14.0. The van der Waals surface area contributed by atoms with Crippen LogP contribution < -0.4 is 0 Å². The summed E-state index contributed by atoms with van der Waals surface area (Å²) < 4.78 is 0. The Labute approximate surface area is 507 Å². The number of benzene rings is 5. The minimum Gasteiger partial charge on any atom is -0.257 e. The molecule has 0 amide bonds. The van der Waals surface area contributed by atoms with Crippen molar-refractivity contribution in [3.05, 3.63) is 259 Å². The Morgan fingerprint density at radius 1 is 0.235 bits per heavy atom. The molecule has 5 aliphatic carbocycles. The molecule has 5 aliphatic rings. The molecule has 5 aromatic heterocycles. The van der Waals surface area contributed by atoms with Crippen molar-refractivity contribution >= 4 is 0 Å². The van der Waals surface area contributed by atoms with Crippen LogP contribution in [0.2, 0.25) is 0 Å². The Hall–Kier alpha value is -8.15. The standard InChI is InChI=1S/5C16H17N/c1-9-5-6-13-8-15-14(16(13)11(9)3)7-10(2)12(4)17-15;1-9-5-6-14-13(7-9)8-15-16(14)11(3)10(2)12(4)17-15;1-9-5-6-13-8-15-16(14(13)7-9)11(3)10(2)12(4)17-15;1-9-6-5-7-13-14(9)8-15-16(13)11(3)10(2)12(4)17-15;1-9-6-5-7-13-8-14-16(15(9)13)11(3)10(2)12(4)17-14/h5*5-7H,8H2,1-4H3. The SMILES string of the molecule is Cc1cc2c(nc1C)Cc1ccc(C)c(C)c1-2.Cc1ccc2c(c1)-c1c(nc(C)c(C)c1C)C2.Cc1ccc2c(c1)Cc1nc(C)c(C)c(C)c1-2.Cc1cccc2c1-c1c(nc(C)c(C)c1C)C2.Cc1cccc2c1Cc1nc(C)c(C)c(C)c1-2.